The van der Waals surface area contributed by atoms with Gasteiger partial charge in [-0.15, -0.1) is 0 Å². The molecule has 0 aromatic rings. The van der Waals surface area contributed by atoms with Gasteiger partial charge in [0.15, 0.2) is 0 Å². The first kappa shape index (κ1) is 11.4. The molecule has 0 spiro atoms. The van der Waals surface area contributed by atoms with Crippen LogP contribution in [0, 0.1) is 17.3 Å². The lowest BCUT2D eigenvalue weighted by Crippen LogP contribution is -2.42. The van der Waals surface area contributed by atoms with Crippen molar-refractivity contribution >= 4 is 11.8 Å². The monoisotopic (exact) mass is 224 g/mol. The van der Waals surface area contributed by atoms with Gasteiger partial charge in [0.25, 0.3) is 0 Å². The zero-order valence-electron chi connectivity index (χ0n) is 9.79. The van der Waals surface area contributed by atoms with Crippen LogP contribution in [0.4, 0.5) is 0 Å². The van der Waals surface area contributed by atoms with Crippen LogP contribution in [0.1, 0.15) is 39.0 Å². The number of hydrogen-bond donors (Lipinski definition) is 2. The van der Waals surface area contributed by atoms with Gasteiger partial charge in [-0.25, -0.2) is 0 Å². The van der Waals surface area contributed by atoms with E-state index < -0.39 is 5.41 Å². The van der Waals surface area contributed by atoms with Gasteiger partial charge >= 0.3 is 0 Å². The van der Waals surface area contributed by atoms with Crippen LogP contribution in [0.5, 0.6) is 0 Å². The molecular formula is C12H20N2O2. The van der Waals surface area contributed by atoms with Gasteiger partial charge in [0.1, 0.15) is 0 Å². The van der Waals surface area contributed by atoms with Crippen LogP contribution in [-0.4, -0.2) is 18.4 Å². The minimum Gasteiger partial charge on any atom is -0.369 e. The zero-order valence-corrected chi connectivity index (χ0v) is 9.79. The Bertz CT molecular complexity index is 306. The molecule has 2 aliphatic carbocycles. The van der Waals surface area contributed by atoms with Crippen LogP contribution >= 0.6 is 0 Å². The molecule has 1 unspecified atom stereocenters. The maximum Gasteiger partial charge on any atom is 0.224 e. The van der Waals surface area contributed by atoms with Crippen LogP contribution in [0.15, 0.2) is 0 Å². The quantitative estimate of drug-likeness (QED) is 0.700. The summed E-state index contributed by atoms with van der Waals surface area (Å²) in [5.74, 6) is 0.192. The minimum absolute atomic E-state index is 0.0192. The first-order valence-corrected chi connectivity index (χ1v) is 6.18. The van der Waals surface area contributed by atoms with Crippen LogP contribution in [0.3, 0.4) is 0 Å². The first-order valence-electron chi connectivity index (χ1n) is 6.18. The molecule has 0 aromatic heterocycles. The van der Waals surface area contributed by atoms with Crippen molar-refractivity contribution in [3.63, 3.8) is 0 Å². The van der Waals surface area contributed by atoms with Crippen molar-refractivity contribution in [1.82, 2.24) is 5.32 Å². The number of nitrogens with two attached hydrogens (primary N) is 1. The maximum absolute atomic E-state index is 12.0. The van der Waals surface area contributed by atoms with Gasteiger partial charge in [-0.2, -0.15) is 0 Å². The van der Waals surface area contributed by atoms with E-state index in [1.54, 1.807) is 0 Å². The standard InChI is InChI=1S/C12H20N2O2/c1-2-14-10(15)9(7-8-3-4-8)12(5-6-12)11(13)16/h8-9H,2-7H2,1H3,(H2,13,16)(H,14,15). The van der Waals surface area contributed by atoms with E-state index in [0.717, 1.165) is 19.3 Å². The Balaban J connectivity index is 2.07. The molecule has 1 atom stereocenters. The number of carbonyl (C=O) groups is 2. The van der Waals surface area contributed by atoms with E-state index in [1.165, 1.54) is 12.8 Å². The molecule has 16 heavy (non-hydrogen) atoms. The molecule has 90 valence electrons. The molecule has 0 radical (unpaired) electrons. The van der Waals surface area contributed by atoms with Crippen molar-refractivity contribution in [2.45, 2.75) is 39.0 Å². The van der Waals surface area contributed by atoms with Gasteiger partial charge in [0, 0.05) is 6.54 Å². The Morgan fingerprint density at radius 2 is 2.06 bits per heavy atom. The molecule has 2 amide bonds. The lowest BCUT2D eigenvalue weighted by atomic mass is 9.83. The summed E-state index contributed by atoms with van der Waals surface area (Å²) in [6.45, 7) is 2.52. The van der Waals surface area contributed by atoms with E-state index in [1.807, 2.05) is 6.92 Å². The highest BCUT2D eigenvalue weighted by molar-refractivity contribution is 5.91. The molecule has 0 bridgehead atoms. The van der Waals surface area contributed by atoms with E-state index >= 15 is 0 Å². The third-order valence-electron chi connectivity index (χ3n) is 3.88. The molecule has 0 heterocycles. The third kappa shape index (κ3) is 2.06. The average molecular weight is 224 g/mol. The molecule has 2 rings (SSSR count). The van der Waals surface area contributed by atoms with E-state index in [9.17, 15) is 9.59 Å². The second kappa shape index (κ2) is 4.07. The van der Waals surface area contributed by atoms with Gasteiger partial charge < -0.3 is 11.1 Å². The molecule has 3 N–H and O–H groups in total. The van der Waals surface area contributed by atoms with Gasteiger partial charge in [-0.3, -0.25) is 9.59 Å². The Labute approximate surface area is 96.0 Å². The maximum atomic E-state index is 12.0. The summed E-state index contributed by atoms with van der Waals surface area (Å²) in [4.78, 5) is 23.5. The van der Waals surface area contributed by atoms with E-state index in [-0.39, 0.29) is 17.7 Å². The summed E-state index contributed by atoms with van der Waals surface area (Å²) in [5.41, 5.74) is 4.93. The molecule has 4 nitrogen and oxygen atoms in total. The highest BCUT2D eigenvalue weighted by Crippen LogP contribution is 2.55. The summed E-state index contributed by atoms with van der Waals surface area (Å²) < 4.78 is 0. The fourth-order valence-electron chi connectivity index (χ4n) is 2.47. The number of carbonyl (C=O) groups excluding carboxylic acids is 2. The van der Waals surface area contributed by atoms with Gasteiger partial charge in [0.05, 0.1) is 11.3 Å². The van der Waals surface area contributed by atoms with E-state index in [2.05, 4.69) is 5.32 Å². The molecule has 0 aromatic carbocycles. The van der Waals surface area contributed by atoms with Gasteiger partial charge in [-0.05, 0) is 32.1 Å². The fraction of sp³-hybridized carbons (Fsp3) is 0.833. The van der Waals surface area contributed by atoms with Crippen molar-refractivity contribution in [3.05, 3.63) is 0 Å². The number of amides is 2. The predicted octanol–water partition coefficient (Wildman–Crippen LogP) is 0.804. The Kier molecular flexibility index (Phi) is 2.91. The Hall–Kier alpha value is -1.06. The van der Waals surface area contributed by atoms with Crippen molar-refractivity contribution in [2.75, 3.05) is 6.54 Å². The summed E-state index contributed by atoms with van der Waals surface area (Å²) in [5, 5.41) is 2.83. The lowest BCUT2D eigenvalue weighted by molar-refractivity contribution is -0.135. The third-order valence-corrected chi connectivity index (χ3v) is 3.88. The highest BCUT2D eigenvalue weighted by Gasteiger charge is 2.57. The molecular weight excluding hydrogens is 204 g/mol. The topological polar surface area (TPSA) is 72.2 Å². The fourth-order valence-corrected chi connectivity index (χ4v) is 2.47. The van der Waals surface area contributed by atoms with E-state index in [4.69, 9.17) is 5.73 Å². The first-order chi connectivity index (χ1) is 7.60. The Morgan fingerprint density at radius 1 is 1.44 bits per heavy atom. The van der Waals surface area contributed by atoms with Gasteiger partial charge in [-0.1, -0.05) is 12.8 Å². The number of primary amides is 1. The van der Waals surface area contributed by atoms with Crippen molar-refractivity contribution < 1.29 is 9.59 Å². The molecule has 0 aliphatic heterocycles. The van der Waals surface area contributed by atoms with E-state index in [0.29, 0.717) is 12.5 Å². The summed E-state index contributed by atoms with van der Waals surface area (Å²) in [7, 11) is 0. The van der Waals surface area contributed by atoms with Crippen LogP contribution in [0.25, 0.3) is 0 Å². The average Bonchev–Trinajstić information content (AvgIpc) is 3.09. The second-order valence-corrected chi connectivity index (χ2v) is 5.15. The normalized spacial score (nSPS) is 23.6. The molecule has 2 aliphatic rings. The lowest BCUT2D eigenvalue weighted by Gasteiger charge is -2.23. The summed E-state index contributed by atoms with van der Waals surface area (Å²) >= 11 is 0. The number of hydrogen-bond acceptors (Lipinski definition) is 2. The van der Waals surface area contributed by atoms with Crippen molar-refractivity contribution in [2.24, 2.45) is 23.0 Å². The molecule has 4 heteroatoms. The summed E-state index contributed by atoms with van der Waals surface area (Å²) in [6, 6.07) is 0. The van der Waals surface area contributed by atoms with Crippen LogP contribution < -0.4 is 11.1 Å². The summed E-state index contributed by atoms with van der Waals surface area (Å²) in [6.07, 6.45) is 4.82. The molecule has 2 fully saturated rings. The van der Waals surface area contributed by atoms with Crippen LogP contribution in [-0.2, 0) is 9.59 Å². The van der Waals surface area contributed by atoms with Crippen molar-refractivity contribution in [1.29, 1.82) is 0 Å². The highest BCUT2D eigenvalue weighted by atomic mass is 16.2. The second-order valence-electron chi connectivity index (χ2n) is 5.15. The molecule has 2 saturated carbocycles. The number of nitrogens with one attached hydrogen (secondary N) is 1. The number of rotatable bonds is 6. The SMILES string of the molecule is CCNC(=O)C(CC1CC1)C1(C(N)=O)CC1. The largest absolute Gasteiger partial charge is 0.369 e. The molecule has 0 saturated heterocycles. The van der Waals surface area contributed by atoms with Gasteiger partial charge in [0.2, 0.25) is 11.8 Å². The Morgan fingerprint density at radius 3 is 2.44 bits per heavy atom. The van der Waals surface area contributed by atoms with Crippen LogP contribution in [0.2, 0.25) is 0 Å². The minimum atomic E-state index is -0.512. The smallest absolute Gasteiger partial charge is 0.224 e. The zero-order chi connectivity index (χ0) is 11.8. The van der Waals surface area contributed by atoms with Crippen molar-refractivity contribution in [3.8, 4) is 0 Å². The predicted molar refractivity (Wildman–Crippen MR) is 60.4 cm³/mol.